The van der Waals surface area contributed by atoms with Gasteiger partial charge >= 0.3 is 0 Å². The number of alkyl halides is 1. The third-order valence-electron chi connectivity index (χ3n) is 2.20. The summed E-state index contributed by atoms with van der Waals surface area (Å²) >= 11 is 5.57. The largest absolute Gasteiger partial charge is 0.387 e. The van der Waals surface area contributed by atoms with Crippen molar-refractivity contribution < 1.29 is 14.3 Å². The Morgan fingerprint density at radius 3 is 2.76 bits per heavy atom. The molecule has 1 atom stereocenters. The quantitative estimate of drug-likeness (QED) is 0.808. The fraction of sp³-hybridized carbons (Fsp3) is 0.455. The third kappa shape index (κ3) is 4.28. The summed E-state index contributed by atoms with van der Waals surface area (Å²) < 4.78 is 13.3. The van der Waals surface area contributed by atoms with Crippen molar-refractivity contribution in [2.24, 2.45) is 0 Å². The Balaban J connectivity index is 2.53. The van der Waals surface area contributed by atoms with E-state index in [-0.39, 0.29) is 17.3 Å². The fourth-order valence-electron chi connectivity index (χ4n) is 1.04. The molecule has 0 aromatic carbocycles. The Labute approximate surface area is 104 Å². The van der Waals surface area contributed by atoms with Crippen molar-refractivity contribution in [1.29, 1.82) is 0 Å². The molecule has 0 fully saturated rings. The highest BCUT2D eigenvalue weighted by Gasteiger charge is 2.26. The monoisotopic (exact) mass is 260 g/mol. The smallest absolute Gasteiger partial charge is 0.252 e. The van der Waals surface area contributed by atoms with E-state index in [0.29, 0.717) is 0 Å². The van der Waals surface area contributed by atoms with Crippen LogP contribution in [0.15, 0.2) is 18.3 Å². The SMILES string of the molecule is CC(C)(O)C(F)CNC(=O)c1ccc(Cl)nc1. The number of amides is 1. The van der Waals surface area contributed by atoms with E-state index in [0.717, 1.165) is 0 Å². The van der Waals surface area contributed by atoms with Gasteiger partial charge in [-0.2, -0.15) is 0 Å². The first-order valence-corrected chi connectivity index (χ1v) is 5.44. The Morgan fingerprint density at radius 1 is 1.65 bits per heavy atom. The van der Waals surface area contributed by atoms with Gasteiger partial charge in [0.15, 0.2) is 0 Å². The zero-order valence-electron chi connectivity index (χ0n) is 9.58. The minimum absolute atomic E-state index is 0.259. The number of nitrogens with zero attached hydrogens (tertiary/aromatic N) is 1. The number of nitrogens with one attached hydrogen (secondary N) is 1. The lowest BCUT2D eigenvalue weighted by Crippen LogP contribution is -2.42. The van der Waals surface area contributed by atoms with Gasteiger partial charge in [0.25, 0.3) is 5.91 Å². The minimum atomic E-state index is -1.54. The van der Waals surface area contributed by atoms with E-state index in [1.54, 1.807) is 0 Å². The number of pyridine rings is 1. The predicted molar refractivity (Wildman–Crippen MR) is 62.8 cm³/mol. The van der Waals surface area contributed by atoms with Crippen molar-refractivity contribution in [1.82, 2.24) is 10.3 Å². The van der Waals surface area contributed by atoms with Crippen molar-refractivity contribution in [3.63, 3.8) is 0 Å². The van der Waals surface area contributed by atoms with E-state index >= 15 is 0 Å². The molecule has 1 rings (SSSR count). The van der Waals surface area contributed by atoms with E-state index in [1.165, 1.54) is 32.2 Å². The van der Waals surface area contributed by atoms with Crippen LogP contribution in [0.2, 0.25) is 5.15 Å². The Morgan fingerprint density at radius 2 is 2.29 bits per heavy atom. The van der Waals surface area contributed by atoms with Crippen LogP contribution in [0.4, 0.5) is 4.39 Å². The second-order valence-electron chi connectivity index (χ2n) is 4.20. The maximum Gasteiger partial charge on any atom is 0.252 e. The number of aromatic nitrogens is 1. The second-order valence-corrected chi connectivity index (χ2v) is 4.59. The summed E-state index contributed by atoms with van der Waals surface area (Å²) in [4.78, 5) is 15.3. The highest BCUT2D eigenvalue weighted by molar-refractivity contribution is 6.29. The molecule has 1 heterocycles. The molecule has 6 heteroatoms. The van der Waals surface area contributed by atoms with E-state index < -0.39 is 17.7 Å². The second kappa shape index (κ2) is 5.42. The fourth-order valence-corrected chi connectivity index (χ4v) is 1.16. The van der Waals surface area contributed by atoms with Crippen molar-refractivity contribution in [3.8, 4) is 0 Å². The number of carbonyl (C=O) groups excluding carboxylic acids is 1. The molecule has 2 N–H and O–H groups in total. The number of hydrogen-bond donors (Lipinski definition) is 2. The number of rotatable bonds is 4. The Bertz CT molecular complexity index is 389. The average molecular weight is 261 g/mol. The highest BCUT2D eigenvalue weighted by atomic mass is 35.5. The summed E-state index contributed by atoms with van der Waals surface area (Å²) in [5.41, 5.74) is -1.19. The summed E-state index contributed by atoms with van der Waals surface area (Å²) in [7, 11) is 0. The summed E-state index contributed by atoms with van der Waals surface area (Å²) in [6.45, 7) is 2.42. The van der Waals surface area contributed by atoms with Crippen LogP contribution >= 0.6 is 11.6 Å². The molecular formula is C11H14ClFN2O2. The molecule has 1 unspecified atom stereocenters. The first kappa shape index (κ1) is 13.9. The van der Waals surface area contributed by atoms with E-state index in [4.69, 9.17) is 11.6 Å². The lowest BCUT2D eigenvalue weighted by molar-refractivity contribution is -0.00178. The number of carbonyl (C=O) groups is 1. The predicted octanol–water partition coefficient (Wildman–Crippen LogP) is 1.57. The molecule has 0 aliphatic heterocycles. The normalized spacial score (nSPS) is 13.2. The maximum atomic E-state index is 13.3. The molecule has 0 bridgehead atoms. The lowest BCUT2D eigenvalue weighted by Gasteiger charge is -2.22. The molecule has 0 aliphatic rings. The first-order valence-electron chi connectivity index (χ1n) is 5.07. The molecule has 0 aliphatic carbocycles. The molecule has 94 valence electrons. The molecule has 0 saturated heterocycles. The molecule has 1 amide bonds. The van der Waals surface area contributed by atoms with Crippen LogP contribution < -0.4 is 5.32 Å². The molecule has 0 radical (unpaired) electrons. The van der Waals surface area contributed by atoms with Gasteiger partial charge in [-0.15, -0.1) is 0 Å². The average Bonchev–Trinajstić information content (AvgIpc) is 2.25. The van der Waals surface area contributed by atoms with E-state index in [2.05, 4.69) is 10.3 Å². The van der Waals surface area contributed by atoms with Gasteiger partial charge in [0, 0.05) is 6.20 Å². The van der Waals surface area contributed by atoms with Crippen molar-refractivity contribution in [2.45, 2.75) is 25.6 Å². The summed E-state index contributed by atoms with van der Waals surface area (Å²) in [6, 6.07) is 2.96. The van der Waals surface area contributed by atoms with Crippen molar-refractivity contribution in [3.05, 3.63) is 29.0 Å². The lowest BCUT2D eigenvalue weighted by atomic mass is 10.0. The number of hydrogen-bond acceptors (Lipinski definition) is 3. The summed E-state index contributed by atoms with van der Waals surface area (Å²) in [6.07, 6.45) is -0.235. The molecule has 1 aromatic rings. The van der Waals surface area contributed by atoms with Gasteiger partial charge in [-0.25, -0.2) is 9.37 Å². The zero-order valence-corrected chi connectivity index (χ0v) is 10.3. The first-order chi connectivity index (χ1) is 7.80. The molecule has 0 saturated carbocycles. The highest BCUT2D eigenvalue weighted by Crippen LogP contribution is 2.11. The third-order valence-corrected chi connectivity index (χ3v) is 2.42. The number of aliphatic hydroxyl groups is 1. The molecule has 17 heavy (non-hydrogen) atoms. The van der Waals surface area contributed by atoms with Gasteiger partial charge < -0.3 is 10.4 Å². The van der Waals surface area contributed by atoms with E-state index in [9.17, 15) is 14.3 Å². The van der Waals surface area contributed by atoms with Gasteiger partial charge in [0.1, 0.15) is 11.3 Å². The molecule has 0 spiro atoms. The standard InChI is InChI=1S/C11H14ClFN2O2/c1-11(2,17)8(13)6-15-10(16)7-3-4-9(12)14-5-7/h3-5,8,17H,6H2,1-2H3,(H,15,16). The minimum Gasteiger partial charge on any atom is -0.387 e. The van der Waals surface area contributed by atoms with Gasteiger partial charge in [-0.1, -0.05) is 11.6 Å². The maximum absolute atomic E-state index is 13.3. The summed E-state index contributed by atoms with van der Waals surface area (Å²) in [5.74, 6) is -0.457. The van der Waals surface area contributed by atoms with Crippen molar-refractivity contribution >= 4 is 17.5 Å². The van der Waals surface area contributed by atoms with Crippen LogP contribution in [0.3, 0.4) is 0 Å². The Kier molecular flexibility index (Phi) is 4.42. The van der Waals surface area contributed by atoms with Crippen molar-refractivity contribution in [2.75, 3.05) is 6.54 Å². The van der Waals surface area contributed by atoms with Gasteiger partial charge in [-0.3, -0.25) is 4.79 Å². The topological polar surface area (TPSA) is 62.2 Å². The van der Waals surface area contributed by atoms with Crippen LogP contribution in [0.5, 0.6) is 0 Å². The van der Waals surface area contributed by atoms with Gasteiger partial charge in [0.2, 0.25) is 0 Å². The van der Waals surface area contributed by atoms with Gasteiger partial charge in [0.05, 0.1) is 17.7 Å². The van der Waals surface area contributed by atoms with Crippen LogP contribution in [-0.2, 0) is 0 Å². The molecule has 4 nitrogen and oxygen atoms in total. The van der Waals surface area contributed by atoms with Crippen LogP contribution in [0.25, 0.3) is 0 Å². The van der Waals surface area contributed by atoms with Crippen LogP contribution in [0, 0.1) is 0 Å². The van der Waals surface area contributed by atoms with Crippen LogP contribution in [-0.4, -0.2) is 34.3 Å². The zero-order chi connectivity index (χ0) is 13.1. The van der Waals surface area contributed by atoms with Gasteiger partial charge in [-0.05, 0) is 26.0 Å². The van der Waals surface area contributed by atoms with Crippen LogP contribution in [0.1, 0.15) is 24.2 Å². The molecular weight excluding hydrogens is 247 g/mol. The number of halogens is 2. The summed E-state index contributed by atoms with van der Waals surface area (Å²) in [5, 5.41) is 12.0. The van der Waals surface area contributed by atoms with E-state index in [1.807, 2.05) is 0 Å². The Hall–Kier alpha value is -1.20. The molecule has 1 aromatic heterocycles.